The van der Waals surface area contributed by atoms with Crippen LogP contribution in [0, 0.1) is 11.7 Å². The molecule has 1 heterocycles. The van der Waals surface area contributed by atoms with Gasteiger partial charge >= 0.3 is 0 Å². The van der Waals surface area contributed by atoms with Crippen molar-refractivity contribution in [1.82, 2.24) is 10.6 Å². The number of amides is 2. The molecule has 3 rings (SSSR count). The van der Waals surface area contributed by atoms with E-state index in [0.717, 1.165) is 38.1 Å². The van der Waals surface area contributed by atoms with Crippen molar-refractivity contribution in [3.8, 4) is 0 Å². The second-order valence-electron chi connectivity index (χ2n) is 6.53. The first kappa shape index (κ1) is 19.0. The lowest BCUT2D eigenvalue weighted by atomic mass is 9.99. The summed E-state index contributed by atoms with van der Waals surface area (Å²) in [7, 11) is 0. The number of halogens is 2. The van der Waals surface area contributed by atoms with E-state index in [1.165, 1.54) is 24.3 Å². The molecule has 0 aliphatic carbocycles. The van der Waals surface area contributed by atoms with Crippen molar-refractivity contribution in [3.05, 3.63) is 65.5 Å². The molecular weight excluding hydrogens is 352 g/mol. The molecule has 1 atom stereocenters. The number of rotatable bonds is 5. The summed E-state index contributed by atoms with van der Waals surface area (Å²) in [5, 5.41) is 6.01. The summed E-state index contributed by atoms with van der Waals surface area (Å²) >= 11 is 0. The Labute approximate surface area is 156 Å². The molecule has 1 unspecified atom stereocenters. The number of hydrogen-bond donors (Lipinski definition) is 2. The maximum atomic E-state index is 14.7. The molecule has 0 saturated carbocycles. The highest BCUT2D eigenvalue weighted by Gasteiger charge is 2.23. The van der Waals surface area contributed by atoms with Crippen LogP contribution in [-0.4, -0.2) is 31.4 Å². The quantitative estimate of drug-likeness (QED) is 0.792. The highest BCUT2D eigenvalue weighted by Crippen LogP contribution is 2.23. The number of nitrogens with one attached hydrogen (secondary N) is 2. The van der Waals surface area contributed by atoms with Crippen molar-refractivity contribution in [2.24, 2.45) is 5.92 Å². The molecule has 0 bridgehead atoms. The van der Waals surface area contributed by atoms with Gasteiger partial charge in [0.15, 0.2) is 0 Å². The highest BCUT2D eigenvalue weighted by molar-refractivity contribution is 6.09. The molecule has 2 N–H and O–H groups in total. The molecule has 1 saturated heterocycles. The molecule has 2 aromatic carbocycles. The van der Waals surface area contributed by atoms with Crippen molar-refractivity contribution in [2.45, 2.75) is 12.8 Å². The van der Waals surface area contributed by atoms with Crippen LogP contribution >= 0.6 is 0 Å². The summed E-state index contributed by atoms with van der Waals surface area (Å²) in [5.41, 5.74) is -0.0901. The highest BCUT2D eigenvalue weighted by atomic mass is 19.2. The fourth-order valence-corrected chi connectivity index (χ4v) is 3.08. The zero-order chi connectivity index (χ0) is 19.2. The number of piperidine rings is 1. The van der Waals surface area contributed by atoms with Gasteiger partial charge in [-0.3, -0.25) is 9.59 Å². The number of benzene rings is 2. The molecule has 7 heteroatoms. The zero-order valence-electron chi connectivity index (χ0n) is 14.8. The van der Waals surface area contributed by atoms with Crippen LogP contribution in [0.25, 0.3) is 0 Å². The average molecular weight is 373 g/mol. The minimum Gasteiger partial charge on any atom is -0.352 e. The fraction of sp³-hybridized carbons (Fsp3) is 0.300. The van der Waals surface area contributed by atoms with Crippen LogP contribution in [0.1, 0.15) is 33.6 Å². The smallest absolute Gasteiger partial charge is 0.286 e. The van der Waals surface area contributed by atoms with Crippen LogP contribution in [0.5, 0.6) is 0 Å². The second-order valence-corrected chi connectivity index (χ2v) is 6.53. The van der Waals surface area contributed by atoms with Crippen molar-refractivity contribution in [1.29, 1.82) is 0 Å². The van der Waals surface area contributed by atoms with E-state index in [2.05, 4.69) is 10.6 Å². The summed E-state index contributed by atoms with van der Waals surface area (Å²) < 4.78 is 27.7. The predicted octanol–water partition coefficient (Wildman–Crippen LogP) is 3.09. The lowest BCUT2D eigenvalue weighted by Gasteiger charge is -2.23. The van der Waals surface area contributed by atoms with E-state index in [9.17, 15) is 18.5 Å². The molecule has 1 fully saturated rings. The second kappa shape index (κ2) is 8.73. The number of hydrogen-bond acceptors (Lipinski definition) is 3. The van der Waals surface area contributed by atoms with Crippen molar-refractivity contribution in [3.63, 3.8) is 0 Å². The molecule has 1 aliphatic rings. The summed E-state index contributed by atoms with van der Waals surface area (Å²) in [6.07, 6.45) is 2.08. The van der Waals surface area contributed by atoms with Gasteiger partial charge in [0.1, 0.15) is 5.82 Å². The Morgan fingerprint density at radius 1 is 1.15 bits per heavy atom. The Hall–Kier alpha value is -2.80. The molecule has 0 spiro atoms. The molecule has 2 amide bonds. The molecule has 1 aliphatic heterocycles. The number of nitrogens with zero attached hydrogens (tertiary/aromatic N) is 1. The van der Waals surface area contributed by atoms with Crippen molar-refractivity contribution in [2.75, 3.05) is 24.8 Å². The van der Waals surface area contributed by atoms with E-state index >= 15 is 0 Å². The van der Waals surface area contributed by atoms with Gasteiger partial charge in [0.05, 0.1) is 11.3 Å². The van der Waals surface area contributed by atoms with Gasteiger partial charge in [0.2, 0.25) is 0 Å². The minimum atomic E-state index is -0.966. The van der Waals surface area contributed by atoms with Crippen LogP contribution in [0.3, 0.4) is 0 Å². The van der Waals surface area contributed by atoms with Gasteiger partial charge in [-0.1, -0.05) is 16.6 Å². The first-order valence-corrected chi connectivity index (χ1v) is 8.90. The lowest BCUT2D eigenvalue weighted by molar-refractivity contribution is 0.0927. The largest absolute Gasteiger partial charge is 0.352 e. The summed E-state index contributed by atoms with van der Waals surface area (Å²) in [4.78, 5) is 24.9. The third-order valence-electron chi connectivity index (χ3n) is 4.58. The first-order chi connectivity index (χ1) is 13.1. The van der Waals surface area contributed by atoms with Crippen LogP contribution in [0.4, 0.5) is 14.6 Å². The summed E-state index contributed by atoms with van der Waals surface area (Å²) in [6.45, 7) is 2.30. The Morgan fingerprint density at radius 2 is 1.89 bits per heavy atom. The van der Waals surface area contributed by atoms with E-state index in [4.69, 9.17) is 0 Å². The zero-order valence-corrected chi connectivity index (χ0v) is 14.8. The minimum absolute atomic E-state index is 0.0117. The third-order valence-corrected chi connectivity index (χ3v) is 4.58. The molecule has 5 nitrogen and oxygen atoms in total. The number of anilines is 1. The Bertz CT molecular complexity index is 805. The Morgan fingerprint density at radius 3 is 2.59 bits per heavy atom. The van der Waals surface area contributed by atoms with Gasteiger partial charge in [-0.05, 0) is 68.2 Å². The maximum absolute atomic E-state index is 14.7. The van der Waals surface area contributed by atoms with Gasteiger partial charge < -0.3 is 10.6 Å². The molecule has 0 aromatic heterocycles. The van der Waals surface area contributed by atoms with Crippen LogP contribution in [0.2, 0.25) is 0 Å². The van der Waals surface area contributed by atoms with Crippen molar-refractivity contribution < 1.29 is 18.5 Å². The van der Waals surface area contributed by atoms with Gasteiger partial charge in [0.25, 0.3) is 11.8 Å². The normalized spacial score (nSPS) is 16.6. The predicted molar refractivity (Wildman–Crippen MR) is 98.7 cm³/mol. The topological polar surface area (TPSA) is 61.4 Å². The third kappa shape index (κ3) is 4.68. The molecule has 2 aromatic rings. The number of carbonyl (C=O) groups is 2. The monoisotopic (exact) mass is 373 g/mol. The average Bonchev–Trinajstić information content (AvgIpc) is 2.72. The van der Waals surface area contributed by atoms with E-state index in [1.807, 2.05) is 0 Å². The number of para-hydroxylation sites is 1. The Balaban J connectivity index is 1.73. The number of carbonyl (C=O) groups excluding carboxylic acids is 2. The van der Waals surface area contributed by atoms with Gasteiger partial charge in [-0.2, -0.15) is 0 Å². The van der Waals surface area contributed by atoms with Crippen LogP contribution < -0.4 is 15.8 Å². The lowest BCUT2D eigenvalue weighted by Crippen LogP contribution is -2.38. The van der Waals surface area contributed by atoms with Gasteiger partial charge in [0, 0.05) is 12.1 Å². The fourth-order valence-electron chi connectivity index (χ4n) is 3.08. The molecule has 0 radical (unpaired) electrons. The van der Waals surface area contributed by atoms with E-state index < -0.39 is 17.6 Å². The van der Waals surface area contributed by atoms with E-state index in [0.29, 0.717) is 12.5 Å². The van der Waals surface area contributed by atoms with Gasteiger partial charge in [-0.25, -0.2) is 4.39 Å². The van der Waals surface area contributed by atoms with E-state index in [1.54, 1.807) is 12.1 Å². The van der Waals surface area contributed by atoms with E-state index in [-0.39, 0.29) is 21.9 Å². The maximum Gasteiger partial charge on any atom is 0.286 e. The van der Waals surface area contributed by atoms with Crippen LogP contribution in [-0.2, 0) is 0 Å². The standard InChI is InChI=1S/C20H21F2N3O2/c21-16-9-7-15(8-10-16)20(27)25(22)18-6-2-1-5-17(18)19(26)24-13-14-4-3-11-23-12-14/h1-2,5-10,14,23H,3-4,11-13H2,(H,24,26). The van der Waals surface area contributed by atoms with Crippen LogP contribution in [0.15, 0.2) is 48.5 Å². The van der Waals surface area contributed by atoms with Gasteiger partial charge in [-0.15, -0.1) is 5.12 Å². The molecule has 27 heavy (non-hydrogen) atoms. The SMILES string of the molecule is O=C(NCC1CCCNC1)c1ccccc1N(F)C(=O)c1ccc(F)cc1. The molecular formula is C20H21F2N3O2. The molecule has 142 valence electrons. The Kier molecular flexibility index (Phi) is 6.13. The first-order valence-electron chi connectivity index (χ1n) is 8.90. The van der Waals surface area contributed by atoms with Crippen molar-refractivity contribution >= 4 is 17.5 Å². The summed E-state index contributed by atoms with van der Waals surface area (Å²) in [5.74, 6) is -1.59. The summed E-state index contributed by atoms with van der Waals surface area (Å²) in [6, 6.07) is 10.5.